The summed E-state index contributed by atoms with van der Waals surface area (Å²) in [6, 6.07) is 3.53. The van der Waals surface area contributed by atoms with E-state index in [0.29, 0.717) is 23.2 Å². The third kappa shape index (κ3) is 3.98. The summed E-state index contributed by atoms with van der Waals surface area (Å²) in [5.41, 5.74) is 2.16. The molecule has 1 aromatic heterocycles. The van der Waals surface area contributed by atoms with Crippen molar-refractivity contribution in [2.24, 2.45) is 5.92 Å². The fraction of sp³-hybridized carbons (Fsp3) is 0.250. The number of hydrogen-bond acceptors (Lipinski definition) is 4. The van der Waals surface area contributed by atoms with Crippen LogP contribution >= 0.6 is 11.6 Å². The lowest BCUT2D eigenvalue weighted by atomic mass is 10.1. The second-order valence-corrected chi connectivity index (χ2v) is 5.92. The SMILES string of the molecule is O=C(NOCC1CC1)c1ccc(F)c(F)c1Nc1cncc(Cl)c1. The van der Waals surface area contributed by atoms with Crippen molar-refractivity contribution < 1.29 is 18.4 Å². The van der Waals surface area contributed by atoms with Gasteiger partial charge >= 0.3 is 0 Å². The zero-order valence-corrected chi connectivity index (χ0v) is 13.2. The lowest BCUT2D eigenvalue weighted by molar-refractivity contribution is 0.0270. The van der Waals surface area contributed by atoms with Gasteiger partial charge in [-0.15, -0.1) is 0 Å². The minimum atomic E-state index is -1.18. The van der Waals surface area contributed by atoms with E-state index in [4.69, 9.17) is 16.4 Å². The second kappa shape index (κ2) is 7.11. The Morgan fingerprint density at radius 3 is 2.83 bits per heavy atom. The number of amides is 1. The van der Waals surface area contributed by atoms with Crippen molar-refractivity contribution in [1.82, 2.24) is 10.5 Å². The molecular weight excluding hydrogens is 340 g/mol. The smallest absolute Gasteiger partial charge is 0.277 e. The molecule has 1 aliphatic carbocycles. The fourth-order valence-corrected chi connectivity index (χ4v) is 2.23. The maximum absolute atomic E-state index is 14.2. The highest BCUT2D eigenvalue weighted by Gasteiger charge is 2.23. The summed E-state index contributed by atoms with van der Waals surface area (Å²) in [5.74, 6) is -2.48. The summed E-state index contributed by atoms with van der Waals surface area (Å²) >= 11 is 5.82. The van der Waals surface area contributed by atoms with Crippen LogP contribution in [0.2, 0.25) is 5.02 Å². The normalized spacial score (nSPS) is 13.6. The van der Waals surface area contributed by atoms with Crippen molar-refractivity contribution in [2.45, 2.75) is 12.8 Å². The molecule has 1 fully saturated rings. The first-order valence-corrected chi connectivity index (χ1v) is 7.70. The molecule has 0 atom stereocenters. The molecule has 1 heterocycles. The van der Waals surface area contributed by atoms with Crippen molar-refractivity contribution in [2.75, 3.05) is 11.9 Å². The summed E-state index contributed by atoms with van der Waals surface area (Å²) < 4.78 is 27.7. The van der Waals surface area contributed by atoms with Gasteiger partial charge in [-0.3, -0.25) is 14.6 Å². The minimum absolute atomic E-state index is 0.0929. The van der Waals surface area contributed by atoms with Crippen molar-refractivity contribution in [3.63, 3.8) is 0 Å². The van der Waals surface area contributed by atoms with Crippen molar-refractivity contribution >= 4 is 28.9 Å². The van der Waals surface area contributed by atoms with Gasteiger partial charge in [-0.25, -0.2) is 14.3 Å². The van der Waals surface area contributed by atoms with E-state index in [-0.39, 0.29) is 11.3 Å². The van der Waals surface area contributed by atoms with E-state index in [2.05, 4.69) is 15.8 Å². The number of nitrogens with one attached hydrogen (secondary N) is 2. The third-order valence-electron chi connectivity index (χ3n) is 3.49. The average Bonchev–Trinajstić information content (AvgIpc) is 3.36. The highest BCUT2D eigenvalue weighted by atomic mass is 35.5. The number of aromatic nitrogens is 1. The van der Waals surface area contributed by atoms with Gasteiger partial charge in [-0.1, -0.05) is 11.6 Å². The van der Waals surface area contributed by atoms with Crippen LogP contribution in [0.1, 0.15) is 23.2 Å². The summed E-state index contributed by atoms with van der Waals surface area (Å²) in [6.07, 6.45) is 4.90. The molecule has 0 bridgehead atoms. The van der Waals surface area contributed by atoms with E-state index < -0.39 is 17.5 Å². The monoisotopic (exact) mass is 353 g/mol. The van der Waals surface area contributed by atoms with E-state index in [1.807, 2.05) is 0 Å². The van der Waals surface area contributed by atoms with E-state index in [1.54, 1.807) is 0 Å². The Hall–Kier alpha value is -2.25. The lowest BCUT2D eigenvalue weighted by Crippen LogP contribution is -2.26. The number of nitrogens with zero attached hydrogens (tertiary/aromatic N) is 1. The highest BCUT2D eigenvalue weighted by molar-refractivity contribution is 6.30. The topological polar surface area (TPSA) is 63.2 Å². The Bertz CT molecular complexity index is 769. The van der Waals surface area contributed by atoms with E-state index >= 15 is 0 Å². The Morgan fingerprint density at radius 1 is 1.33 bits per heavy atom. The molecule has 0 spiro atoms. The summed E-state index contributed by atoms with van der Waals surface area (Å²) in [7, 11) is 0. The average molecular weight is 354 g/mol. The Morgan fingerprint density at radius 2 is 2.12 bits per heavy atom. The molecule has 0 saturated heterocycles. The maximum atomic E-state index is 14.2. The molecule has 8 heteroatoms. The zero-order chi connectivity index (χ0) is 17.1. The summed E-state index contributed by atoms with van der Waals surface area (Å²) in [6.45, 7) is 0.399. The van der Waals surface area contributed by atoms with Gasteiger partial charge in [0.15, 0.2) is 11.6 Å². The van der Waals surface area contributed by atoms with Crippen LogP contribution in [0.15, 0.2) is 30.6 Å². The number of hydroxylamine groups is 1. The largest absolute Gasteiger partial charge is 0.351 e. The molecule has 5 nitrogen and oxygen atoms in total. The Balaban J connectivity index is 1.82. The van der Waals surface area contributed by atoms with Crippen molar-refractivity contribution in [1.29, 1.82) is 0 Å². The van der Waals surface area contributed by atoms with Gasteiger partial charge in [0, 0.05) is 6.20 Å². The van der Waals surface area contributed by atoms with Crippen LogP contribution in [0.25, 0.3) is 0 Å². The molecule has 126 valence electrons. The number of halogens is 3. The molecule has 24 heavy (non-hydrogen) atoms. The molecule has 0 radical (unpaired) electrons. The Labute approximate surface area is 141 Å². The first-order chi connectivity index (χ1) is 11.5. The van der Waals surface area contributed by atoms with Crippen LogP contribution in [0, 0.1) is 17.6 Å². The number of rotatable bonds is 6. The van der Waals surface area contributed by atoms with Crippen LogP contribution in [0.3, 0.4) is 0 Å². The highest BCUT2D eigenvalue weighted by Crippen LogP contribution is 2.29. The van der Waals surface area contributed by atoms with Gasteiger partial charge < -0.3 is 5.32 Å². The van der Waals surface area contributed by atoms with Crippen LogP contribution in [0.4, 0.5) is 20.2 Å². The molecule has 1 amide bonds. The van der Waals surface area contributed by atoms with Gasteiger partial charge in [-0.2, -0.15) is 0 Å². The Kier molecular flexibility index (Phi) is 4.92. The first-order valence-electron chi connectivity index (χ1n) is 7.32. The van der Waals surface area contributed by atoms with Gasteiger partial charge in [-0.05, 0) is 37.0 Å². The maximum Gasteiger partial charge on any atom is 0.277 e. The molecule has 1 aliphatic rings. The van der Waals surface area contributed by atoms with Gasteiger partial charge in [0.25, 0.3) is 5.91 Å². The van der Waals surface area contributed by atoms with E-state index in [0.717, 1.165) is 18.9 Å². The molecule has 3 rings (SSSR count). The standard InChI is InChI=1S/C16H14ClF2N3O2/c17-10-5-11(7-20-6-10)21-15-12(3-4-13(18)14(15)19)16(23)22-24-8-9-1-2-9/h3-7,9,21H,1-2,8H2,(H,22,23). The second-order valence-electron chi connectivity index (χ2n) is 5.49. The zero-order valence-electron chi connectivity index (χ0n) is 12.5. The molecule has 2 aromatic rings. The van der Waals surface area contributed by atoms with Crippen LogP contribution in [-0.4, -0.2) is 17.5 Å². The van der Waals surface area contributed by atoms with Crippen molar-refractivity contribution in [3.8, 4) is 0 Å². The number of benzene rings is 1. The van der Waals surface area contributed by atoms with Crippen LogP contribution < -0.4 is 10.8 Å². The first kappa shape index (κ1) is 16.6. The quantitative estimate of drug-likeness (QED) is 0.775. The minimum Gasteiger partial charge on any atom is -0.351 e. The van der Waals surface area contributed by atoms with Crippen molar-refractivity contribution in [3.05, 3.63) is 52.8 Å². The summed E-state index contributed by atoms with van der Waals surface area (Å²) in [5, 5.41) is 2.95. The predicted molar refractivity (Wildman–Crippen MR) is 85.0 cm³/mol. The van der Waals surface area contributed by atoms with Gasteiger partial charge in [0.05, 0.1) is 34.8 Å². The van der Waals surface area contributed by atoms with Crippen LogP contribution in [0.5, 0.6) is 0 Å². The van der Waals surface area contributed by atoms with Crippen LogP contribution in [-0.2, 0) is 4.84 Å². The predicted octanol–water partition coefficient (Wildman–Crippen LogP) is 3.83. The number of anilines is 2. The third-order valence-corrected chi connectivity index (χ3v) is 3.70. The fourth-order valence-electron chi connectivity index (χ4n) is 2.05. The van der Waals surface area contributed by atoms with E-state index in [9.17, 15) is 13.6 Å². The molecule has 0 unspecified atom stereocenters. The molecule has 2 N–H and O–H groups in total. The lowest BCUT2D eigenvalue weighted by Gasteiger charge is -2.13. The van der Waals surface area contributed by atoms with Gasteiger partial charge in [0.2, 0.25) is 0 Å². The number of hydrogen-bond donors (Lipinski definition) is 2. The number of carbonyl (C=O) groups excluding carboxylic acids is 1. The number of carbonyl (C=O) groups is 1. The number of pyridine rings is 1. The van der Waals surface area contributed by atoms with E-state index in [1.165, 1.54) is 24.5 Å². The molecule has 1 saturated carbocycles. The molecule has 0 aliphatic heterocycles. The van der Waals surface area contributed by atoms with Gasteiger partial charge in [0.1, 0.15) is 0 Å². The summed E-state index contributed by atoms with van der Waals surface area (Å²) in [4.78, 5) is 21.1. The molecule has 1 aromatic carbocycles. The molecular formula is C16H14ClF2N3O2.